The lowest BCUT2D eigenvalue weighted by molar-refractivity contribution is -0.213. The lowest BCUT2D eigenvalue weighted by Gasteiger charge is -2.44. The van der Waals surface area contributed by atoms with Gasteiger partial charge in [0.05, 0.1) is 6.61 Å². The van der Waals surface area contributed by atoms with Gasteiger partial charge in [-0.25, -0.2) is 13.7 Å². The standard InChI is InChI=1S/C37H74NO19P3/c1-2-3-4-5-6-7-8-9-10-12-16-19-22-25-31(40)54-29(27-52-30(39)24-21-18-15-13-11-14-17-20-23-26-38)28-53-60(50,51)57-37-33(42)35(55-58(44,45)46)32(41)36(34(37)43)56-59(47,48)49/h29,32-37,41-43H,2-28,38H2,1H3,(H,50,51)(H2,44,45,46)(H2,47,48,49)/t29-,32?,33-,34?,35-,36+,37?/m1/s1. The van der Waals surface area contributed by atoms with Crippen molar-refractivity contribution in [1.29, 1.82) is 0 Å². The number of carbonyl (C=O) groups is 2. The number of aliphatic hydroxyl groups is 3. The second kappa shape index (κ2) is 31.9. The van der Waals surface area contributed by atoms with Crippen molar-refractivity contribution in [2.24, 2.45) is 5.73 Å². The van der Waals surface area contributed by atoms with E-state index in [1.807, 2.05) is 0 Å². The summed E-state index contributed by atoms with van der Waals surface area (Å²) in [6, 6.07) is 0. The Hall–Kier alpha value is -0.890. The Kier molecular flexibility index (Phi) is 30.3. The molecule has 0 aromatic rings. The van der Waals surface area contributed by atoms with E-state index in [1.54, 1.807) is 0 Å². The molecule has 0 aliphatic heterocycles. The molecule has 0 spiro atoms. The van der Waals surface area contributed by atoms with E-state index in [1.165, 1.54) is 44.9 Å². The van der Waals surface area contributed by atoms with Gasteiger partial charge in [-0.3, -0.25) is 27.7 Å². The van der Waals surface area contributed by atoms with Gasteiger partial charge in [0.15, 0.2) is 6.10 Å². The van der Waals surface area contributed by atoms with Gasteiger partial charge in [-0.05, 0) is 25.8 Å². The van der Waals surface area contributed by atoms with Crippen LogP contribution in [0.25, 0.3) is 0 Å². The first-order valence-electron chi connectivity index (χ1n) is 21.5. The summed E-state index contributed by atoms with van der Waals surface area (Å²) in [6.45, 7) is 1.38. The summed E-state index contributed by atoms with van der Waals surface area (Å²) in [6.07, 6.45) is 6.72. The minimum absolute atomic E-state index is 0.00673. The van der Waals surface area contributed by atoms with E-state index in [2.05, 4.69) is 16.0 Å². The number of unbranched alkanes of at least 4 members (excludes halogenated alkanes) is 20. The summed E-state index contributed by atoms with van der Waals surface area (Å²) >= 11 is 0. The number of carbonyl (C=O) groups excluding carboxylic acids is 2. The van der Waals surface area contributed by atoms with Crippen molar-refractivity contribution in [2.75, 3.05) is 19.8 Å². The van der Waals surface area contributed by atoms with E-state index < -0.39 is 91.3 Å². The Morgan fingerprint density at radius 2 is 0.867 bits per heavy atom. The van der Waals surface area contributed by atoms with Gasteiger partial charge in [-0.1, -0.05) is 129 Å². The van der Waals surface area contributed by atoms with Crippen molar-refractivity contribution in [3.8, 4) is 0 Å². The molecule has 356 valence electrons. The number of esters is 2. The largest absolute Gasteiger partial charge is 0.472 e. The van der Waals surface area contributed by atoms with Crippen LogP contribution in [0.1, 0.15) is 161 Å². The molecule has 4 unspecified atom stereocenters. The molecule has 0 radical (unpaired) electrons. The lowest BCUT2D eigenvalue weighted by atomic mass is 9.85. The molecular weight excluding hydrogens is 855 g/mol. The van der Waals surface area contributed by atoms with E-state index in [-0.39, 0.29) is 12.8 Å². The van der Waals surface area contributed by atoms with Gasteiger partial charge in [0.25, 0.3) is 0 Å². The highest BCUT2D eigenvalue weighted by Crippen LogP contribution is 2.51. The zero-order valence-electron chi connectivity index (χ0n) is 35.1. The van der Waals surface area contributed by atoms with Crippen LogP contribution in [-0.4, -0.2) is 114 Å². The smallest absolute Gasteiger partial charge is 0.462 e. The fraction of sp³-hybridized carbons (Fsp3) is 0.946. The van der Waals surface area contributed by atoms with Gasteiger partial charge in [0, 0.05) is 12.8 Å². The normalized spacial score (nSPS) is 22.6. The molecule has 1 rings (SSSR count). The molecule has 8 atom stereocenters. The van der Waals surface area contributed by atoms with Gasteiger partial charge < -0.3 is 55.0 Å². The number of ether oxygens (including phenoxy) is 2. The molecule has 0 heterocycles. The molecule has 1 saturated carbocycles. The molecule has 10 N–H and O–H groups in total. The highest BCUT2D eigenvalue weighted by molar-refractivity contribution is 7.47. The monoisotopic (exact) mass is 929 g/mol. The number of rotatable bonds is 37. The molecule has 20 nitrogen and oxygen atoms in total. The molecular formula is C37H74NO19P3. The number of hydrogen-bond donors (Lipinski definition) is 9. The predicted octanol–water partition coefficient (Wildman–Crippen LogP) is 5.34. The van der Waals surface area contributed by atoms with Crippen LogP contribution in [0.5, 0.6) is 0 Å². The van der Waals surface area contributed by atoms with Crippen molar-refractivity contribution in [3.63, 3.8) is 0 Å². The Labute approximate surface area is 354 Å². The molecule has 23 heteroatoms. The maximum absolute atomic E-state index is 13.1. The molecule has 1 aliphatic rings. The summed E-state index contributed by atoms with van der Waals surface area (Å²) in [5.74, 6) is -1.32. The van der Waals surface area contributed by atoms with Gasteiger partial charge in [-0.2, -0.15) is 0 Å². The maximum atomic E-state index is 13.1. The van der Waals surface area contributed by atoms with Crippen LogP contribution < -0.4 is 5.73 Å². The van der Waals surface area contributed by atoms with Crippen LogP contribution >= 0.6 is 23.5 Å². The van der Waals surface area contributed by atoms with Crippen molar-refractivity contribution in [2.45, 2.75) is 204 Å². The van der Waals surface area contributed by atoms with Crippen LogP contribution in [-0.2, 0) is 50.9 Å². The van der Waals surface area contributed by atoms with Crippen LogP contribution in [0.3, 0.4) is 0 Å². The van der Waals surface area contributed by atoms with E-state index in [9.17, 15) is 63.1 Å². The highest BCUT2D eigenvalue weighted by Gasteiger charge is 2.56. The third-order valence-electron chi connectivity index (χ3n) is 10.0. The van der Waals surface area contributed by atoms with Crippen molar-refractivity contribution >= 4 is 35.4 Å². The molecule has 1 aliphatic carbocycles. The summed E-state index contributed by atoms with van der Waals surface area (Å²) < 4.78 is 65.2. The summed E-state index contributed by atoms with van der Waals surface area (Å²) in [5.41, 5.74) is 5.52. The number of nitrogens with two attached hydrogens (primary N) is 1. The highest BCUT2D eigenvalue weighted by atomic mass is 31.2. The predicted molar refractivity (Wildman–Crippen MR) is 219 cm³/mol. The summed E-state index contributed by atoms with van der Waals surface area (Å²) in [5, 5.41) is 31.7. The summed E-state index contributed by atoms with van der Waals surface area (Å²) in [7, 11) is -16.6. The fourth-order valence-electron chi connectivity index (χ4n) is 6.78. The zero-order valence-corrected chi connectivity index (χ0v) is 37.8. The first kappa shape index (κ1) is 57.1. The number of aliphatic hydroxyl groups excluding tert-OH is 3. The van der Waals surface area contributed by atoms with Crippen LogP contribution in [0, 0.1) is 0 Å². The second-order valence-electron chi connectivity index (χ2n) is 15.4. The Morgan fingerprint density at radius 1 is 0.517 bits per heavy atom. The van der Waals surface area contributed by atoms with Gasteiger partial charge >= 0.3 is 35.4 Å². The van der Waals surface area contributed by atoms with Crippen molar-refractivity contribution < 1.29 is 90.6 Å². The molecule has 0 aromatic heterocycles. The second-order valence-corrected chi connectivity index (χ2v) is 19.2. The first-order valence-corrected chi connectivity index (χ1v) is 26.1. The fourth-order valence-corrected chi connectivity index (χ4v) is 8.88. The zero-order chi connectivity index (χ0) is 45.0. The van der Waals surface area contributed by atoms with Gasteiger partial charge in [0.1, 0.15) is 43.2 Å². The van der Waals surface area contributed by atoms with E-state index >= 15 is 0 Å². The minimum Gasteiger partial charge on any atom is -0.462 e. The molecule has 1 fully saturated rings. The topological polar surface area (TPSA) is 329 Å². The number of phosphoric ester groups is 3. The number of phosphoric acid groups is 3. The van der Waals surface area contributed by atoms with Crippen LogP contribution in [0.2, 0.25) is 0 Å². The molecule has 60 heavy (non-hydrogen) atoms. The quantitative estimate of drug-likeness (QED) is 0.0216. The van der Waals surface area contributed by atoms with E-state index in [0.717, 1.165) is 83.5 Å². The average Bonchev–Trinajstić information content (AvgIpc) is 3.16. The average molecular weight is 930 g/mol. The minimum atomic E-state index is -5.54. The van der Waals surface area contributed by atoms with Crippen LogP contribution in [0.4, 0.5) is 0 Å². The first-order chi connectivity index (χ1) is 28.3. The molecule has 0 bridgehead atoms. The van der Waals surface area contributed by atoms with Gasteiger partial charge in [0.2, 0.25) is 0 Å². The molecule has 0 aromatic carbocycles. The Morgan fingerprint density at radius 3 is 1.25 bits per heavy atom. The van der Waals surface area contributed by atoms with Gasteiger partial charge in [-0.15, -0.1) is 0 Å². The van der Waals surface area contributed by atoms with Crippen LogP contribution in [0.15, 0.2) is 0 Å². The van der Waals surface area contributed by atoms with E-state index in [0.29, 0.717) is 19.4 Å². The number of hydrogen-bond acceptors (Lipinski definition) is 15. The Bertz CT molecular complexity index is 1260. The maximum Gasteiger partial charge on any atom is 0.472 e. The summed E-state index contributed by atoms with van der Waals surface area (Å²) in [4.78, 5) is 72.9. The third kappa shape index (κ3) is 28.0. The third-order valence-corrected chi connectivity index (χ3v) is 12.0. The molecule has 0 saturated heterocycles. The SMILES string of the molecule is CCCCCCCCCCCCCCCC(=O)O[C@H](COC(=O)CCCCCCCCCCCN)COP(=O)(O)OC1C(O)[C@@H](OP(=O)(O)O)C(O)[C@@H](OP(=O)(O)O)[C@H]1O. The lowest BCUT2D eigenvalue weighted by Crippen LogP contribution is -2.65. The van der Waals surface area contributed by atoms with Crippen molar-refractivity contribution in [3.05, 3.63) is 0 Å². The van der Waals surface area contributed by atoms with E-state index in [4.69, 9.17) is 24.3 Å². The van der Waals surface area contributed by atoms with Crippen molar-refractivity contribution in [1.82, 2.24) is 0 Å². The molecule has 0 amide bonds. The Balaban J connectivity index is 2.81.